The second-order valence-electron chi connectivity index (χ2n) is 4.75. The van der Waals surface area contributed by atoms with Gasteiger partial charge in [0, 0.05) is 25.5 Å². The Balaban J connectivity index is 1.87. The Kier molecular flexibility index (Phi) is 3.06. The number of ether oxygens (including phenoxy) is 1. The first-order valence-electron chi connectivity index (χ1n) is 6.39. The molecule has 19 heavy (non-hydrogen) atoms. The van der Waals surface area contributed by atoms with E-state index in [2.05, 4.69) is 14.9 Å². The lowest BCUT2D eigenvalue weighted by Gasteiger charge is -2.31. The molecule has 2 aromatic heterocycles. The maximum absolute atomic E-state index is 11.7. The minimum atomic E-state index is -0.133. The molecule has 0 radical (unpaired) electrons. The van der Waals surface area contributed by atoms with Gasteiger partial charge in [-0.25, -0.2) is 4.98 Å². The predicted molar refractivity (Wildman–Crippen MR) is 69.9 cm³/mol. The number of aromatic nitrogens is 3. The molecule has 1 unspecified atom stereocenters. The van der Waals surface area contributed by atoms with Gasteiger partial charge in [0.25, 0.3) is 0 Å². The van der Waals surface area contributed by atoms with Crippen LogP contribution in [0, 0.1) is 5.92 Å². The van der Waals surface area contributed by atoms with Crippen LogP contribution in [-0.2, 0) is 9.53 Å². The lowest BCUT2D eigenvalue weighted by atomic mass is 9.98. The van der Waals surface area contributed by atoms with E-state index in [0.717, 1.165) is 30.7 Å². The maximum Gasteiger partial charge on any atom is 0.310 e. The number of esters is 1. The molecule has 1 saturated heterocycles. The molecule has 0 aliphatic carbocycles. The molecular formula is C13H16N4O2. The van der Waals surface area contributed by atoms with Crippen molar-refractivity contribution in [3.05, 3.63) is 24.9 Å². The second kappa shape index (κ2) is 4.87. The van der Waals surface area contributed by atoms with E-state index in [1.165, 1.54) is 7.11 Å². The van der Waals surface area contributed by atoms with E-state index >= 15 is 0 Å². The Morgan fingerprint density at radius 1 is 1.53 bits per heavy atom. The highest BCUT2D eigenvalue weighted by Crippen LogP contribution is 2.25. The lowest BCUT2D eigenvalue weighted by molar-refractivity contribution is -0.145. The number of carbonyl (C=O) groups is 1. The monoisotopic (exact) mass is 260 g/mol. The van der Waals surface area contributed by atoms with Crippen molar-refractivity contribution in [2.75, 3.05) is 25.1 Å². The fourth-order valence-corrected chi connectivity index (χ4v) is 2.60. The van der Waals surface area contributed by atoms with Gasteiger partial charge in [0.15, 0.2) is 5.82 Å². The third-order valence-electron chi connectivity index (χ3n) is 3.58. The number of rotatable bonds is 2. The zero-order chi connectivity index (χ0) is 13.2. The summed E-state index contributed by atoms with van der Waals surface area (Å²) >= 11 is 0. The van der Waals surface area contributed by atoms with E-state index < -0.39 is 0 Å². The first kappa shape index (κ1) is 12.0. The second-order valence-corrected chi connectivity index (χ2v) is 4.75. The van der Waals surface area contributed by atoms with Crippen LogP contribution < -0.4 is 4.90 Å². The number of anilines is 1. The summed E-state index contributed by atoms with van der Waals surface area (Å²) in [6.45, 7) is 1.57. The topological polar surface area (TPSA) is 59.7 Å². The van der Waals surface area contributed by atoms with Gasteiger partial charge in [-0.1, -0.05) is 0 Å². The highest BCUT2D eigenvalue weighted by atomic mass is 16.5. The van der Waals surface area contributed by atoms with Gasteiger partial charge in [0.2, 0.25) is 0 Å². The van der Waals surface area contributed by atoms with Crippen LogP contribution in [0.2, 0.25) is 0 Å². The van der Waals surface area contributed by atoms with Gasteiger partial charge < -0.3 is 14.0 Å². The van der Waals surface area contributed by atoms with Gasteiger partial charge in [-0.2, -0.15) is 0 Å². The molecule has 6 heteroatoms. The number of hydrogen-bond acceptors (Lipinski definition) is 5. The van der Waals surface area contributed by atoms with Crippen LogP contribution in [0.3, 0.4) is 0 Å². The Labute approximate surface area is 111 Å². The van der Waals surface area contributed by atoms with Crippen LogP contribution in [0.15, 0.2) is 24.9 Å². The van der Waals surface area contributed by atoms with Crippen molar-refractivity contribution in [2.24, 2.45) is 5.92 Å². The maximum atomic E-state index is 11.7. The summed E-state index contributed by atoms with van der Waals surface area (Å²) in [5.74, 6) is 0.695. The van der Waals surface area contributed by atoms with E-state index in [0.29, 0.717) is 6.54 Å². The number of imidazole rings is 1. The fraction of sp³-hybridized carbons (Fsp3) is 0.462. The summed E-state index contributed by atoms with van der Waals surface area (Å²) in [5.41, 5.74) is 0.966. The van der Waals surface area contributed by atoms with Crippen molar-refractivity contribution in [1.29, 1.82) is 0 Å². The van der Waals surface area contributed by atoms with Gasteiger partial charge >= 0.3 is 5.97 Å². The lowest BCUT2D eigenvalue weighted by Crippen LogP contribution is -2.39. The predicted octanol–water partition coefficient (Wildman–Crippen LogP) is 1.12. The molecule has 3 rings (SSSR count). The molecule has 6 nitrogen and oxygen atoms in total. The summed E-state index contributed by atoms with van der Waals surface area (Å²) in [4.78, 5) is 22.4. The van der Waals surface area contributed by atoms with Gasteiger partial charge in [-0.05, 0) is 12.8 Å². The third-order valence-corrected chi connectivity index (χ3v) is 3.58. The molecule has 1 aliphatic heterocycles. The molecule has 0 bridgehead atoms. The van der Waals surface area contributed by atoms with Crippen LogP contribution in [0.25, 0.3) is 5.52 Å². The fourth-order valence-electron chi connectivity index (χ4n) is 2.60. The molecule has 1 atom stereocenters. The van der Waals surface area contributed by atoms with Crippen molar-refractivity contribution >= 4 is 17.3 Å². The van der Waals surface area contributed by atoms with Crippen molar-refractivity contribution < 1.29 is 9.53 Å². The average Bonchev–Trinajstić information content (AvgIpc) is 2.90. The molecule has 0 saturated carbocycles. The number of nitrogens with zero attached hydrogens (tertiary/aromatic N) is 4. The zero-order valence-electron chi connectivity index (χ0n) is 10.8. The van der Waals surface area contributed by atoms with Gasteiger partial charge in [0.05, 0.1) is 19.2 Å². The molecule has 0 N–H and O–H groups in total. The van der Waals surface area contributed by atoms with Crippen LogP contribution in [-0.4, -0.2) is 40.5 Å². The minimum absolute atomic E-state index is 0.0628. The summed E-state index contributed by atoms with van der Waals surface area (Å²) in [5, 5.41) is 0. The van der Waals surface area contributed by atoms with Crippen LogP contribution in [0.1, 0.15) is 12.8 Å². The Hall–Kier alpha value is -2.11. The average molecular weight is 260 g/mol. The largest absolute Gasteiger partial charge is 0.469 e. The first-order valence-corrected chi connectivity index (χ1v) is 6.39. The normalized spacial score (nSPS) is 19.6. The molecule has 1 aliphatic rings. The van der Waals surface area contributed by atoms with Crippen molar-refractivity contribution in [3.63, 3.8) is 0 Å². The Morgan fingerprint density at radius 2 is 2.42 bits per heavy atom. The molecule has 0 spiro atoms. The number of fused-ring (bicyclic) bond motifs is 1. The van der Waals surface area contributed by atoms with E-state index in [4.69, 9.17) is 4.74 Å². The quantitative estimate of drug-likeness (QED) is 0.757. The third kappa shape index (κ3) is 2.14. The zero-order valence-corrected chi connectivity index (χ0v) is 10.8. The smallest absolute Gasteiger partial charge is 0.310 e. The number of piperidine rings is 1. The standard InChI is InChI=1S/C13H16N4O2/c1-19-13(18)10-3-2-5-16(8-10)12-11-7-14-4-6-17(11)9-15-12/h4,6-7,9-10H,2-3,5,8H2,1H3. The van der Waals surface area contributed by atoms with Crippen LogP contribution in [0.5, 0.6) is 0 Å². The van der Waals surface area contributed by atoms with E-state index in [1.54, 1.807) is 18.7 Å². The molecule has 2 aromatic rings. The number of carbonyl (C=O) groups excluding carboxylic acids is 1. The van der Waals surface area contributed by atoms with Gasteiger partial charge in [-0.15, -0.1) is 0 Å². The first-order chi connectivity index (χ1) is 9.29. The minimum Gasteiger partial charge on any atom is -0.469 e. The van der Waals surface area contributed by atoms with E-state index in [-0.39, 0.29) is 11.9 Å². The Bertz CT molecular complexity index is 595. The summed E-state index contributed by atoms with van der Waals surface area (Å²) in [7, 11) is 1.44. The van der Waals surface area contributed by atoms with E-state index in [1.807, 2.05) is 10.6 Å². The Morgan fingerprint density at radius 3 is 3.26 bits per heavy atom. The van der Waals surface area contributed by atoms with Crippen molar-refractivity contribution in [3.8, 4) is 0 Å². The van der Waals surface area contributed by atoms with Crippen LogP contribution >= 0.6 is 0 Å². The van der Waals surface area contributed by atoms with Crippen molar-refractivity contribution in [2.45, 2.75) is 12.8 Å². The van der Waals surface area contributed by atoms with Gasteiger partial charge in [-0.3, -0.25) is 9.78 Å². The summed E-state index contributed by atoms with van der Waals surface area (Å²) in [6.07, 6.45) is 9.02. The highest BCUT2D eigenvalue weighted by Gasteiger charge is 2.28. The summed E-state index contributed by atoms with van der Waals surface area (Å²) < 4.78 is 6.77. The van der Waals surface area contributed by atoms with Crippen molar-refractivity contribution in [1.82, 2.24) is 14.4 Å². The van der Waals surface area contributed by atoms with Gasteiger partial charge in [0.1, 0.15) is 11.8 Å². The molecular weight excluding hydrogens is 244 g/mol. The van der Waals surface area contributed by atoms with Crippen LogP contribution in [0.4, 0.5) is 5.82 Å². The molecule has 100 valence electrons. The SMILES string of the molecule is COC(=O)C1CCCN(c2ncn3ccncc23)C1. The van der Waals surface area contributed by atoms with E-state index in [9.17, 15) is 4.79 Å². The molecule has 1 fully saturated rings. The highest BCUT2D eigenvalue weighted by molar-refractivity contribution is 5.75. The number of hydrogen-bond donors (Lipinski definition) is 0. The molecule has 3 heterocycles. The molecule has 0 amide bonds. The summed E-state index contributed by atoms with van der Waals surface area (Å²) in [6, 6.07) is 0. The number of methoxy groups -OCH3 is 1. The molecule has 0 aromatic carbocycles.